The third-order valence-electron chi connectivity index (χ3n) is 6.69. The summed E-state index contributed by atoms with van der Waals surface area (Å²) >= 11 is 6.26. The second-order valence-electron chi connectivity index (χ2n) is 8.89. The zero-order valence-corrected chi connectivity index (χ0v) is 20.3. The molecular weight excluding hydrogens is 454 g/mol. The number of carbonyl (C=O) groups is 1. The van der Waals surface area contributed by atoms with Crippen LogP contribution in [0, 0.1) is 5.92 Å². The van der Waals surface area contributed by atoms with Gasteiger partial charge in [-0.15, -0.1) is 6.58 Å². The van der Waals surface area contributed by atoms with Gasteiger partial charge in [0.2, 0.25) is 0 Å². The van der Waals surface area contributed by atoms with Gasteiger partial charge < -0.3 is 24.2 Å². The molecule has 2 aromatic carbocycles. The molecule has 0 bridgehead atoms. The molecule has 0 aromatic heterocycles. The van der Waals surface area contributed by atoms with Crippen molar-refractivity contribution in [3.63, 3.8) is 0 Å². The van der Waals surface area contributed by atoms with Crippen molar-refractivity contribution in [3.8, 4) is 5.75 Å². The number of aliphatic hydroxyl groups is 1. The quantitative estimate of drug-likeness (QED) is 0.484. The van der Waals surface area contributed by atoms with Crippen molar-refractivity contribution in [2.45, 2.75) is 44.5 Å². The molecule has 0 radical (unpaired) electrons. The first kappa shape index (κ1) is 24.6. The minimum Gasteiger partial charge on any atom is -0.487 e. The van der Waals surface area contributed by atoms with E-state index in [0.29, 0.717) is 31.1 Å². The molecule has 2 aliphatic rings. The van der Waals surface area contributed by atoms with Gasteiger partial charge in [0.25, 0.3) is 0 Å². The third-order valence-corrected chi connectivity index (χ3v) is 6.93. The smallest absolute Gasteiger partial charge is 0.337 e. The van der Waals surface area contributed by atoms with Gasteiger partial charge in [-0.2, -0.15) is 0 Å². The number of hydrogen-bond acceptors (Lipinski definition) is 6. The van der Waals surface area contributed by atoms with Crippen LogP contribution in [-0.2, 0) is 22.5 Å². The molecule has 0 saturated carbocycles. The molecule has 4 rings (SSSR count). The van der Waals surface area contributed by atoms with Crippen molar-refractivity contribution >= 4 is 23.3 Å². The molecule has 7 heteroatoms. The number of aliphatic hydroxyl groups excluding tert-OH is 1. The number of halogens is 1. The van der Waals surface area contributed by atoms with Gasteiger partial charge in [-0.3, -0.25) is 0 Å². The molecule has 0 amide bonds. The topological polar surface area (TPSA) is 68.2 Å². The van der Waals surface area contributed by atoms with Crippen molar-refractivity contribution in [2.24, 2.45) is 5.92 Å². The summed E-state index contributed by atoms with van der Waals surface area (Å²) in [4.78, 5) is 14.6. The van der Waals surface area contributed by atoms with Gasteiger partial charge in [0.05, 0.1) is 30.6 Å². The predicted molar refractivity (Wildman–Crippen MR) is 133 cm³/mol. The average Bonchev–Trinajstić information content (AvgIpc) is 3.31. The summed E-state index contributed by atoms with van der Waals surface area (Å²) in [6.45, 7) is 6.20. The predicted octanol–water partition coefficient (Wildman–Crippen LogP) is 4.80. The van der Waals surface area contributed by atoms with E-state index in [1.807, 2.05) is 30.3 Å². The number of anilines is 1. The van der Waals surface area contributed by atoms with E-state index in [1.165, 1.54) is 18.7 Å². The fourth-order valence-corrected chi connectivity index (χ4v) is 5.02. The number of hydrogen-bond donors (Lipinski definition) is 1. The molecule has 2 aliphatic heterocycles. The van der Waals surface area contributed by atoms with E-state index in [9.17, 15) is 9.90 Å². The lowest BCUT2D eigenvalue weighted by Gasteiger charge is -2.32. The van der Waals surface area contributed by atoms with Gasteiger partial charge in [-0.25, -0.2) is 4.79 Å². The Labute approximate surface area is 206 Å². The number of carbonyl (C=O) groups excluding carboxylic acids is 1. The lowest BCUT2D eigenvalue weighted by Crippen LogP contribution is -2.38. The van der Waals surface area contributed by atoms with E-state index in [2.05, 4.69) is 11.5 Å². The normalized spacial score (nSPS) is 21.4. The maximum absolute atomic E-state index is 12.3. The molecule has 3 atom stereocenters. The Morgan fingerprint density at radius 1 is 1.29 bits per heavy atom. The standard InChI is InChI=1S/C27H32ClNO5/c1-3-24(30)26-20(11-13-33-26)16-29-12-5-4-6-18-14-22(28)9-7-21(18)17-34-25-10-8-19(15-23(25)29)27(31)32-2/h3,7-10,14-15,20,24,26,30H,1,4-6,11-13,16-17H2,2H3/t20-,24-,26+/m0/s1. The highest BCUT2D eigenvalue weighted by atomic mass is 35.5. The van der Waals surface area contributed by atoms with Gasteiger partial charge in [-0.05, 0) is 67.1 Å². The van der Waals surface area contributed by atoms with Crippen LogP contribution in [-0.4, -0.2) is 50.1 Å². The molecule has 1 fully saturated rings. The van der Waals surface area contributed by atoms with Crippen LogP contribution >= 0.6 is 11.6 Å². The average molecular weight is 486 g/mol. The summed E-state index contributed by atoms with van der Waals surface area (Å²) in [5.74, 6) is 0.445. The highest BCUT2D eigenvalue weighted by molar-refractivity contribution is 6.30. The summed E-state index contributed by atoms with van der Waals surface area (Å²) in [5.41, 5.74) is 3.63. The zero-order chi connectivity index (χ0) is 24.1. The van der Waals surface area contributed by atoms with Gasteiger partial charge in [0.15, 0.2) is 0 Å². The molecule has 1 N–H and O–H groups in total. The van der Waals surface area contributed by atoms with Crippen molar-refractivity contribution in [1.82, 2.24) is 0 Å². The maximum atomic E-state index is 12.3. The monoisotopic (exact) mass is 485 g/mol. The number of fused-ring (bicyclic) bond motifs is 2. The molecule has 0 aliphatic carbocycles. The Kier molecular flexibility index (Phi) is 8.14. The molecular formula is C27H32ClNO5. The van der Waals surface area contributed by atoms with E-state index >= 15 is 0 Å². The van der Waals surface area contributed by atoms with E-state index in [0.717, 1.165) is 48.5 Å². The Morgan fingerprint density at radius 2 is 2.15 bits per heavy atom. The van der Waals surface area contributed by atoms with Crippen LogP contribution in [0.1, 0.15) is 40.7 Å². The summed E-state index contributed by atoms with van der Waals surface area (Å²) in [5, 5.41) is 11.1. The van der Waals surface area contributed by atoms with E-state index in [-0.39, 0.29) is 18.0 Å². The largest absolute Gasteiger partial charge is 0.487 e. The molecule has 34 heavy (non-hydrogen) atoms. The highest BCUT2D eigenvalue weighted by Crippen LogP contribution is 2.35. The second-order valence-corrected chi connectivity index (χ2v) is 9.33. The highest BCUT2D eigenvalue weighted by Gasteiger charge is 2.34. The van der Waals surface area contributed by atoms with E-state index in [1.54, 1.807) is 6.07 Å². The lowest BCUT2D eigenvalue weighted by molar-refractivity contribution is 0.00542. The van der Waals surface area contributed by atoms with Gasteiger partial charge in [-0.1, -0.05) is 23.7 Å². The van der Waals surface area contributed by atoms with Crippen LogP contribution < -0.4 is 9.64 Å². The molecule has 2 heterocycles. The van der Waals surface area contributed by atoms with Crippen LogP contribution in [0.5, 0.6) is 5.75 Å². The summed E-state index contributed by atoms with van der Waals surface area (Å²) in [6, 6.07) is 11.3. The Balaban J connectivity index is 1.68. The fraction of sp³-hybridized carbons (Fsp3) is 0.444. The van der Waals surface area contributed by atoms with Gasteiger partial charge >= 0.3 is 5.97 Å². The van der Waals surface area contributed by atoms with Crippen LogP contribution in [0.3, 0.4) is 0 Å². The van der Waals surface area contributed by atoms with Crippen molar-refractivity contribution in [3.05, 3.63) is 70.8 Å². The second kappa shape index (κ2) is 11.3. The Bertz CT molecular complexity index is 1030. The van der Waals surface area contributed by atoms with E-state index < -0.39 is 6.10 Å². The third kappa shape index (κ3) is 5.57. The first-order valence-corrected chi connectivity index (χ1v) is 12.2. The SMILES string of the molecule is C=C[C@H](O)[C@@H]1OCC[C@H]1CN1CCCCc2cc(Cl)ccc2COc2ccc(C(=O)OC)cc21. The number of benzene rings is 2. The number of nitrogens with zero attached hydrogens (tertiary/aromatic N) is 1. The molecule has 6 nitrogen and oxygen atoms in total. The first-order valence-electron chi connectivity index (χ1n) is 11.8. The summed E-state index contributed by atoms with van der Waals surface area (Å²) in [7, 11) is 1.38. The van der Waals surface area contributed by atoms with Crippen molar-refractivity contribution in [1.29, 1.82) is 0 Å². The minimum atomic E-state index is -0.715. The number of rotatable bonds is 5. The zero-order valence-electron chi connectivity index (χ0n) is 19.5. The molecule has 2 aromatic rings. The minimum absolute atomic E-state index is 0.128. The number of aryl methyl sites for hydroxylation is 1. The maximum Gasteiger partial charge on any atom is 0.337 e. The number of methoxy groups -OCH3 is 1. The van der Waals surface area contributed by atoms with Crippen LogP contribution in [0.4, 0.5) is 5.69 Å². The summed E-state index contributed by atoms with van der Waals surface area (Å²) in [6.07, 6.45) is 4.24. The Morgan fingerprint density at radius 3 is 2.94 bits per heavy atom. The van der Waals surface area contributed by atoms with Gasteiger partial charge in [0, 0.05) is 30.6 Å². The number of ether oxygens (including phenoxy) is 3. The van der Waals surface area contributed by atoms with Gasteiger partial charge in [0.1, 0.15) is 12.4 Å². The number of esters is 1. The van der Waals surface area contributed by atoms with Crippen molar-refractivity contribution < 1.29 is 24.1 Å². The molecule has 1 saturated heterocycles. The Hall–Kier alpha value is -2.54. The van der Waals surface area contributed by atoms with Crippen molar-refractivity contribution in [2.75, 3.05) is 31.7 Å². The summed E-state index contributed by atoms with van der Waals surface area (Å²) < 4.78 is 17.1. The molecule has 182 valence electrons. The molecule has 0 unspecified atom stereocenters. The molecule has 0 spiro atoms. The lowest BCUT2D eigenvalue weighted by atomic mass is 9.95. The van der Waals surface area contributed by atoms with E-state index in [4.69, 9.17) is 25.8 Å². The fourth-order valence-electron chi connectivity index (χ4n) is 4.83. The van der Waals surface area contributed by atoms with Crippen LogP contribution in [0.15, 0.2) is 49.1 Å². The first-order chi connectivity index (χ1) is 16.5. The van der Waals surface area contributed by atoms with Crippen LogP contribution in [0.2, 0.25) is 5.02 Å². The van der Waals surface area contributed by atoms with Crippen LogP contribution in [0.25, 0.3) is 0 Å².